The molecule has 0 atom stereocenters. The second-order valence-corrected chi connectivity index (χ2v) is 4.96. The number of ether oxygens (including phenoxy) is 1. The molecule has 4 heteroatoms. The molecule has 0 aliphatic heterocycles. The smallest absolute Gasteiger partial charge is 0.338 e. The first kappa shape index (κ1) is 16.2. The van der Waals surface area contributed by atoms with Crippen molar-refractivity contribution in [2.75, 3.05) is 0 Å². The maximum atomic E-state index is 11.6. The molecule has 0 bridgehead atoms. The second kappa shape index (κ2) is 7.22. The summed E-state index contributed by atoms with van der Waals surface area (Å²) in [6, 6.07) is 14.5. The molecule has 4 nitrogen and oxygen atoms in total. The molecule has 0 aliphatic rings. The number of aliphatic carboxylic acids is 1. The Balaban J connectivity index is 2.46. The molecule has 2 aromatic carbocycles. The van der Waals surface area contributed by atoms with Crippen molar-refractivity contribution in [2.24, 2.45) is 0 Å². The predicted molar refractivity (Wildman–Crippen MR) is 89.0 cm³/mol. The third-order valence-corrected chi connectivity index (χ3v) is 3.07. The summed E-state index contributed by atoms with van der Waals surface area (Å²) in [5.74, 6) is -1.15. The van der Waals surface area contributed by atoms with Gasteiger partial charge in [-0.25, -0.2) is 9.59 Å². The summed E-state index contributed by atoms with van der Waals surface area (Å²) in [6.07, 6.45) is 2.58. The van der Waals surface area contributed by atoms with Crippen LogP contribution in [0.2, 0.25) is 0 Å². The van der Waals surface area contributed by atoms with Crippen LogP contribution in [-0.4, -0.2) is 17.0 Å². The minimum Gasteiger partial charge on any atom is -0.478 e. The van der Waals surface area contributed by atoms with E-state index in [0.717, 1.165) is 17.2 Å². The standard InChI is InChI=1S/C19H16O4/c1-13(2)19(22)23-16-10-8-15(9-11-18(20)21)17(12-16)14-6-4-3-5-7-14/h3-12H,1H2,2H3,(H,20,21). The van der Waals surface area contributed by atoms with Crippen LogP contribution in [0.25, 0.3) is 17.2 Å². The lowest BCUT2D eigenvalue weighted by molar-refractivity contribution is -0.131. The third kappa shape index (κ3) is 4.41. The molecule has 0 heterocycles. The van der Waals surface area contributed by atoms with Gasteiger partial charge in [0.1, 0.15) is 5.75 Å². The van der Waals surface area contributed by atoms with E-state index in [0.29, 0.717) is 16.9 Å². The van der Waals surface area contributed by atoms with Gasteiger partial charge in [-0.15, -0.1) is 0 Å². The SMILES string of the molecule is C=C(C)C(=O)Oc1ccc(C=CC(=O)O)c(-c2ccccc2)c1. The summed E-state index contributed by atoms with van der Waals surface area (Å²) < 4.78 is 5.24. The maximum absolute atomic E-state index is 11.6. The van der Waals surface area contributed by atoms with E-state index in [2.05, 4.69) is 6.58 Å². The average molecular weight is 308 g/mol. The van der Waals surface area contributed by atoms with Gasteiger partial charge in [-0.05, 0) is 41.8 Å². The van der Waals surface area contributed by atoms with Crippen molar-refractivity contribution in [3.05, 3.63) is 72.3 Å². The molecule has 0 spiro atoms. The minimum absolute atomic E-state index is 0.307. The normalized spacial score (nSPS) is 10.5. The van der Waals surface area contributed by atoms with Crippen molar-refractivity contribution >= 4 is 18.0 Å². The zero-order valence-corrected chi connectivity index (χ0v) is 12.7. The fraction of sp³-hybridized carbons (Fsp3) is 0.0526. The molecular weight excluding hydrogens is 292 g/mol. The van der Waals surface area contributed by atoms with Crippen LogP contribution in [0.15, 0.2) is 66.8 Å². The molecule has 23 heavy (non-hydrogen) atoms. The fourth-order valence-electron chi connectivity index (χ4n) is 1.97. The highest BCUT2D eigenvalue weighted by molar-refractivity contribution is 5.90. The van der Waals surface area contributed by atoms with Crippen LogP contribution in [0, 0.1) is 0 Å². The first-order valence-electron chi connectivity index (χ1n) is 6.95. The summed E-state index contributed by atoms with van der Waals surface area (Å²) in [5, 5.41) is 8.81. The minimum atomic E-state index is -1.03. The van der Waals surface area contributed by atoms with Gasteiger partial charge in [0.15, 0.2) is 0 Å². The first-order chi connectivity index (χ1) is 11.0. The maximum Gasteiger partial charge on any atom is 0.338 e. The summed E-state index contributed by atoms with van der Waals surface area (Å²) in [4.78, 5) is 22.4. The highest BCUT2D eigenvalue weighted by atomic mass is 16.5. The van der Waals surface area contributed by atoms with Crippen LogP contribution < -0.4 is 4.74 Å². The van der Waals surface area contributed by atoms with Gasteiger partial charge in [0.25, 0.3) is 0 Å². The van der Waals surface area contributed by atoms with Crippen LogP contribution in [0.4, 0.5) is 0 Å². The van der Waals surface area contributed by atoms with Gasteiger partial charge in [0.05, 0.1) is 0 Å². The van der Waals surface area contributed by atoms with E-state index in [9.17, 15) is 9.59 Å². The molecule has 0 radical (unpaired) electrons. The lowest BCUT2D eigenvalue weighted by Crippen LogP contribution is -2.08. The zero-order valence-electron chi connectivity index (χ0n) is 12.7. The lowest BCUT2D eigenvalue weighted by atomic mass is 9.99. The van der Waals surface area contributed by atoms with Gasteiger partial charge < -0.3 is 9.84 Å². The molecule has 116 valence electrons. The summed E-state index contributed by atoms with van der Waals surface area (Å²) in [6.45, 7) is 5.12. The van der Waals surface area contributed by atoms with Crippen molar-refractivity contribution in [3.8, 4) is 16.9 Å². The van der Waals surface area contributed by atoms with Gasteiger partial charge in [0.2, 0.25) is 0 Å². The van der Waals surface area contributed by atoms with Gasteiger partial charge in [0, 0.05) is 11.6 Å². The number of carboxylic acids is 1. The molecule has 2 aromatic rings. The van der Waals surface area contributed by atoms with Gasteiger partial charge >= 0.3 is 11.9 Å². The molecule has 0 saturated carbocycles. The van der Waals surface area contributed by atoms with Crippen molar-refractivity contribution in [1.82, 2.24) is 0 Å². The van der Waals surface area contributed by atoms with E-state index < -0.39 is 11.9 Å². The van der Waals surface area contributed by atoms with Crippen LogP contribution in [0.1, 0.15) is 12.5 Å². The Morgan fingerprint density at radius 2 is 1.83 bits per heavy atom. The van der Waals surface area contributed by atoms with E-state index >= 15 is 0 Å². The van der Waals surface area contributed by atoms with Gasteiger partial charge in [-0.3, -0.25) is 0 Å². The van der Waals surface area contributed by atoms with E-state index in [1.165, 1.54) is 6.08 Å². The Morgan fingerprint density at radius 1 is 1.13 bits per heavy atom. The molecule has 0 amide bonds. The topological polar surface area (TPSA) is 63.6 Å². The number of carboxylic acid groups (broad SMARTS) is 1. The summed E-state index contributed by atoms with van der Waals surface area (Å²) in [5.41, 5.74) is 2.69. The summed E-state index contributed by atoms with van der Waals surface area (Å²) in [7, 11) is 0. The Labute approximate surface area is 134 Å². The summed E-state index contributed by atoms with van der Waals surface area (Å²) >= 11 is 0. The molecule has 0 aromatic heterocycles. The zero-order chi connectivity index (χ0) is 16.8. The molecule has 2 rings (SSSR count). The van der Waals surface area contributed by atoms with Crippen LogP contribution in [0.3, 0.4) is 0 Å². The number of esters is 1. The van der Waals surface area contributed by atoms with E-state index in [-0.39, 0.29) is 0 Å². The number of hydrogen-bond donors (Lipinski definition) is 1. The molecular formula is C19H16O4. The number of rotatable bonds is 5. The number of benzene rings is 2. The average Bonchev–Trinajstić information content (AvgIpc) is 2.54. The first-order valence-corrected chi connectivity index (χ1v) is 6.95. The van der Waals surface area contributed by atoms with Crippen molar-refractivity contribution in [3.63, 3.8) is 0 Å². The van der Waals surface area contributed by atoms with E-state index in [1.807, 2.05) is 30.3 Å². The lowest BCUT2D eigenvalue weighted by Gasteiger charge is -2.10. The number of hydrogen-bond acceptors (Lipinski definition) is 3. The van der Waals surface area contributed by atoms with Crippen molar-refractivity contribution in [2.45, 2.75) is 6.92 Å². The monoisotopic (exact) mass is 308 g/mol. The van der Waals surface area contributed by atoms with Crippen molar-refractivity contribution < 1.29 is 19.4 Å². The molecule has 0 fully saturated rings. The van der Waals surface area contributed by atoms with E-state index in [4.69, 9.17) is 9.84 Å². The van der Waals surface area contributed by atoms with Crippen LogP contribution >= 0.6 is 0 Å². The molecule has 1 N–H and O–H groups in total. The highest BCUT2D eigenvalue weighted by Gasteiger charge is 2.09. The van der Waals surface area contributed by atoms with Crippen LogP contribution in [-0.2, 0) is 9.59 Å². The van der Waals surface area contributed by atoms with Crippen molar-refractivity contribution in [1.29, 1.82) is 0 Å². The molecule has 0 saturated heterocycles. The van der Waals surface area contributed by atoms with Crippen LogP contribution in [0.5, 0.6) is 5.75 Å². The van der Waals surface area contributed by atoms with Gasteiger partial charge in [-0.1, -0.05) is 43.0 Å². The Hall–Kier alpha value is -3.14. The quantitative estimate of drug-likeness (QED) is 0.516. The largest absolute Gasteiger partial charge is 0.478 e. The fourth-order valence-corrected chi connectivity index (χ4v) is 1.97. The Morgan fingerprint density at radius 3 is 2.43 bits per heavy atom. The Bertz CT molecular complexity index is 773. The van der Waals surface area contributed by atoms with Gasteiger partial charge in [-0.2, -0.15) is 0 Å². The molecule has 0 aliphatic carbocycles. The Kier molecular flexibility index (Phi) is 5.10. The third-order valence-electron chi connectivity index (χ3n) is 3.07. The predicted octanol–water partition coefficient (Wildman–Crippen LogP) is 3.93. The molecule has 0 unspecified atom stereocenters. The second-order valence-electron chi connectivity index (χ2n) is 4.96. The highest BCUT2D eigenvalue weighted by Crippen LogP contribution is 2.29. The number of carbonyl (C=O) groups excluding carboxylic acids is 1. The van der Waals surface area contributed by atoms with E-state index in [1.54, 1.807) is 25.1 Å². The number of carbonyl (C=O) groups is 2.